The largest absolute Gasteiger partial charge is 0.365 e. The van der Waals surface area contributed by atoms with E-state index in [1.54, 1.807) is 16.9 Å². The Balaban J connectivity index is 2.11. The Bertz CT molecular complexity index is 642. The van der Waals surface area contributed by atoms with Crippen molar-refractivity contribution in [3.8, 4) is 18.4 Å². The quantitative estimate of drug-likeness (QED) is 0.774. The molecule has 0 fully saturated rings. The first kappa shape index (κ1) is 13.6. The standard InChI is InChI=1S/C15H15N5/c1-3-8-20-9-7-14(18-20)12-19(4-2)15-6-5-13(10-16)17-11-15/h1,5-7,9,11H,4,8,12H2,2H3. The number of anilines is 1. The lowest BCUT2D eigenvalue weighted by Crippen LogP contribution is -2.22. The summed E-state index contributed by atoms with van der Waals surface area (Å²) in [5.41, 5.74) is 2.34. The van der Waals surface area contributed by atoms with Crippen LogP contribution in [-0.4, -0.2) is 21.3 Å². The molecule has 0 saturated heterocycles. The third-order valence-electron chi connectivity index (χ3n) is 2.91. The molecule has 0 aliphatic heterocycles. The summed E-state index contributed by atoms with van der Waals surface area (Å²) in [6, 6.07) is 7.58. The van der Waals surface area contributed by atoms with Gasteiger partial charge in [-0.2, -0.15) is 10.4 Å². The van der Waals surface area contributed by atoms with Gasteiger partial charge in [0.25, 0.3) is 0 Å². The summed E-state index contributed by atoms with van der Waals surface area (Å²) in [7, 11) is 0. The second-order valence-electron chi connectivity index (χ2n) is 4.24. The van der Waals surface area contributed by atoms with Crippen molar-refractivity contribution in [1.82, 2.24) is 14.8 Å². The molecule has 0 aliphatic carbocycles. The summed E-state index contributed by atoms with van der Waals surface area (Å²) >= 11 is 0. The predicted molar refractivity (Wildman–Crippen MR) is 76.7 cm³/mol. The van der Waals surface area contributed by atoms with Gasteiger partial charge in [-0.05, 0) is 25.1 Å². The molecule has 2 aromatic rings. The summed E-state index contributed by atoms with van der Waals surface area (Å²) in [6.45, 7) is 4.05. The molecule has 20 heavy (non-hydrogen) atoms. The third kappa shape index (κ3) is 3.15. The molecule has 5 heteroatoms. The first-order valence-electron chi connectivity index (χ1n) is 6.33. The van der Waals surface area contributed by atoms with E-state index in [4.69, 9.17) is 11.7 Å². The van der Waals surface area contributed by atoms with Gasteiger partial charge in [0.1, 0.15) is 18.3 Å². The maximum atomic E-state index is 8.76. The van der Waals surface area contributed by atoms with Crippen LogP contribution >= 0.6 is 0 Å². The Labute approximate surface area is 118 Å². The lowest BCUT2D eigenvalue weighted by molar-refractivity contribution is 0.686. The highest BCUT2D eigenvalue weighted by Gasteiger charge is 2.08. The van der Waals surface area contributed by atoms with Crippen molar-refractivity contribution >= 4 is 5.69 Å². The first-order valence-corrected chi connectivity index (χ1v) is 6.33. The molecule has 0 radical (unpaired) electrons. The maximum Gasteiger partial charge on any atom is 0.140 e. The van der Waals surface area contributed by atoms with E-state index in [1.165, 1.54) is 0 Å². The van der Waals surface area contributed by atoms with Crippen LogP contribution in [0.15, 0.2) is 30.6 Å². The van der Waals surface area contributed by atoms with E-state index >= 15 is 0 Å². The number of nitriles is 1. The first-order chi connectivity index (χ1) is 9.76. The highest BCUT2D eigenvalue weighted by atomic mass is 15.3. The van der Waals surface area contributed by atoms with Crippen LogP contribution in [0.3, 0.4) is 0 Å². The van der Waals surface area contributed by atoms with E-state index in [1.807, 2.05) is 24.4 Å². The number of hydrogen-bond acceptors (Lipinski definition) is 4. The van der Waals surface area contributed by atoms with Crippen LogP contribution in [0, 0.1) is 23.7 Å². The lowest BCUT2D eigenvalue weighted by Gasteiger charge is -2.21. The number of nitrogens with zero attached hydrogens (tertiary/aromatic N) is 5. The monoisotopic (exact) mass is 265 g/mol. The minimum Gasteiger partial charge on any atom is -0.365 e. The fraction of sp³-hybridized carbons (Fsp3) is 0.267. The van der Waals surface area contributed by atoms with E-state index in [-0.39, 0.29) is 0 Å². The summed E-state index contributed by atoms with van der Waals surface area (Å²) in [5.74, 6) is 2.56. The van der Waals surface area contributed by atoms with Crippen molar-refractivity contribution in [1.29, 1.82) is 5.26 Å². The summed E-state index contributed by atoms with van der Waals surface area (Å²) in [4.78, 5) is 6.22. The van der Waals surface area contributed by atoms with E-state index in [9.17, 15) is 0 Å². The van der Waals surface area contributed by atoms with Crippen LogP contribution < -0.4 is 4.90 Å². The summed E-state index contributed by atoms with van der Waals surface area (Å²) < 4.78 is 1.74. The van der Waals surface area contributed by atoms with Gasteiger partial charge in [0.2, 0.25) is 0 Å². The van der Waals surface area contributed by atoms with Crippen molar-refractivity contribution in [2.24, 2.45) is 0 Å². The summed E-state index contributed by atoms with van der Waals surface area (Å²) in [6.07, 6.45) is 8.84. The highest BCUT2D eigenvalue weighted by Crippen LogP contribution is 2.15. The van der Waals surface area contributed by atoms with Gasteiger partial charge in [0, 0.05) is 12.7 Å². The topological polar surface area (TPSA) is 57.7 Å². The normalized spacial score (nSPS) is 9.75. The molecule has 0 saturated carbocycles. The Morgan fingerprint density at radius 3 is 2.85 bits per heavy atom. The van der Waals surface area contributed by atoms with Crippen molar-refractivity contribution in [2.75, 3.05) is 11.4 Å². The van der Waals surface area contributed by atoms with Crippen LogP contribution in [-0.2, 0) is 13.1 Å². The van der Waals surface area contributed by atoms with Crippen LogP contribution in [0.4, 0.5) is 5.69 Å². The minimum absolute atomic E-state index is 0.420. The van der Waals surface area contributed by atoms with Gasteiger partial charge >= 0.3 is 0 Å². The summed E-state index contributed by atoms with van der Waals surface area (Å²) in [5, 5.41) is 13.2. The third-order valence-corrected chi connectivity index (χ3v) is 2.91. The second-order valence-corrected chi connectivity index (χ2v) is 4.24. The molecule has 0 N–H and O–H groups in total. The van der Waals surface area contributed by atoms with Crippen molar-refractivity contribution in [2.45, 2.75) is 20.0 Å². The molecule has 5 nitrogen and oxygen atoms in total. The molecule has 2 aromatic heterocycles. The molecule has 2 rings (SSSR count). The molecule has 0 amide bonds. The smallest absolute Gasteiger partial charge is 0.140 e. The molecule has 100 valence electrons. The van der Waals surface area contributed by atoms with Crippen LogP contribution in [0.25, 0.3) is 0 Å². The Kier molecular flexibility index (Phi) is 4.36. The number of rotatable bonds is 5. The molecule has 2 heterocycles. The predicted octanol–water partition coefficient (Wildman–Crippen LogP) is 1.81. The second kappa shape index (κ2) is 6.40. The maximum absolute atomic E-state index is 8.76. The van der Waals surface area contributed by atoms with Gasteiger partial charge in [0.15, 0.2) is 0 Å². The number of aromatic nitrogens is 3. The molecule has 0 aromatic carbocycles. The minimum atomic E-state index is 0.420. The number of hydrogen-bond donors (Lipinski definition) is 0. The Morgan fingerprint density at radius 1 is 1.40 bits per heavy atom. The van der Waals surface area contributed by atoms with Gasteiger partial charge in [-0.1, -0.05) is 5.92 Å². The molecule has 0 atom stereocenters. The average molecular weight is 265 g/mol. The van der Waals surface area contributed by atoms with Crippen molar-refractivity contribution < 1.29 is 0 Å². The van der Waals surface area contributed by atoms with E-state index < -0.39 is 0 Å². The highest BCUT2D eigenvalue weighted by molar-refractivity contribution is 5.46. The van der Waals surface area contributed by atoms with Gasteiger partial charge in [-0.25, -0.2) is 4.98 Å². The zero-order valence-corrected chi connectivity index (χ0v) is 11.3. The Hall–Kier alpha value is -2.79. The van der Waals surface area contributed by atoms with Crippen LogP contribution in [0.5, 0.6) is 0 Å². The molecule has 0 bridgehead atoms. The molecular formula is C15H15N5. The molecule has 0 aliphatic rings. The van der Waals surface area contributed by atoms with E-state index in [0.29, 0.717) is 18.8 Å². The number of pyridine rings is 1. The fourth-order valence-electron chi connectivity index (χ4n) is 1.89. The van der Waals surface area contributed by atoms with E-state index in [2.05, 4.69) is 27.8 Å². The zero-order valence-electron chi connectivity index (χ0n) is 11.3. The Morgan fingerprint density at radius 2 is 2.25 bits per heavy atom. The van der Waals surface area contributed by atoms with Gasteiger partial charge < -0.3 is 4.90 Å². The zero-order chi connectivity index (χ0) is 14.4. The van der Waals surface area contributed by atoms with Crippen LogP contribution in [0.1, 0.15) is 18.3 Å². The average Bonchev–Trinajstić information content (AvgIpc) is 2.93. The SMILES string of the molecule is C#CCn1ccc(CN(CC)c2ccc(C#N)nc2)n1. The van der Waals surface area contributed by atoms with Gasteiger partial charge in [0.05, 0.1) is 24.1 Å². The lowest BCUT2D eigenvalue weighted by atomic mass is 10.3. The molecule has 0 spiro atoms. The van der Waals surface area contributed by atoms with Gasteiger partial charge in [-0.3, -0.25) is 4.68 Å². The number of terminal acetylenes is 1. The fourth-order valence-corrected chi connectivity index (χ4v) is 1.89. The van der Waals surface area contributed by atoms with E-state index in [0.717, 1.165) is 17.9 Å². The molecular weight excluding hydrogens is 250 g/mol. The van der Waals surface area contributed by atoms with Crippen molar-refractivity contribution in [3.05, 3.63) is 42.0 Å². The van der Waals surface area contributed by atoms with Crippen LogP contribution in [0.2, 0.25) is 0 Å². The van der Waals surface area contributed by atoms with Gasteiger partial charge in [-0.15, -0.1) is 6.42 Å². The molecule has 0 unspecified atom stereocenters. The van der Waals surface area contributed by atoms with Crippen molar-refractivity contribution in [3.63, 3.8) is 0 Å².